The molecule has 0 atom stereocenters. The first-order valence-electron chi connectivity index (χ1n) is 7.04. The molecule has 0 radical (unpaired) electrons. The average Bonchev–Trinajstić information content (AvgIpc) is 2.42. The molecular formula is C16H19Br2NO2. The van der Waals surface area contributed by atoms with Gasteiger partial charge in [-0.25, -0.2) is 0 Å². The van der Waals surface area contributed by atoms with Gasteiger partial charge in [0.25, 0.3) is 0 Å². The molecule has 2 rings (SSSR count). The number of nitrogens with zero attached hydrogens (tertiary/aromatic N) is 1. The molecule has 3 nitrogen and oxygen atoms in total. The van der Waals surface area contributed by atoms with Gasteiger partial charge in [-0.15, -0.1) is 0 Å². The van der Waals surface area contributed by atoms with Crippen LogP contribution in [-0.4, -0.2) is 37.4 Å². The van der Waals surface area contributed by atoms with Crippen molar-refractivity contribution in [2.24, 2.45) is 0 Å². The zero-order valence-electron chi connectivity index (χ0n) is 12.3. The molecule has 0 spiro atoms. The van der Waals surface area contributed by atoms with Gasteiger partial charge >= 0.3 is 0 Å². The van der Waals surface area contributed by atoms with Gasteiger partial charge in [0.2, 0.25) is 0 Å². The summed E-state index contributed by atoms with van der Waals surface area (Å²) < 4.78 is 7.27. The van der Waals surface area contributed by atoms with E-state index >= 15 is 0 Å². The molecule has 1 aromatic carbocycles. The molecule has 0 unspecified atom stereocenters. The van der Waals surface area contributed by atoms with Gasteiger partial charge in [-0.05, 0) is 47.1 Å². The topological polar surface area (TPSA) is 29.5 Å². The fourth-order valence-electron chi connectivity index (χ4n) is 2.55. The van der Waals surface area contributed by atoms with Crippen molar-refractivity contribution in [1.29, 1.82) is 0 Å². The molecule has 0 saturated carbocycles. The molecule has 1 aromatic rings. The fraction of sp³-hybridized carbons (Fsp3) is 0.438. The smallest absolute Gasteiger partial charge is 0.161 e. The standard InChI is InChI=1S/C16H19Br2NO2/c1-3-5-19-6-4-15(20)12(10-19)7-11-8-13(17)9-14(18)16(11)21-2/h7-9H,3-6,10H2,1-2H3/b12-7+. The minimum atomic E-state index is 0.237. The van der Waals surface area contributed by atoms with Crippen molar-refractivity contribution < 1.29 is 9.53 Å². The highest BCUT2D eigenvalue weighted by Gasteiger charge is 2.21. The van der Waals surface area contributed by atoms with E-state index in [0.717, 1.165) is 51.9 Å². The lowest BCUT2D eigenvalue weighted by Gasteiger charge is -2.27. The van der Waals surface area contributed by atoms with E-state index in [1.54, 1.807) is 7.11 Å². The molecular weight excluding hydrogens is 398 g/mol. The predicted molar refractivity (Wildman–Crippen MR) is 92.7 cm³/mol. The molecule has 0 amide bonds. The van der Waals surface area contributed by atoms with E-state index in [9.17, 15) is 4.79 Å². The lowest BCUT2D eigenvalue weighted by molar-refractivity contribution is -0.117. The first kappa shape index (κ1) is 16.7. The van der Waals surface area contributed by atoms with Crippen LogP contribution < -0.4 is 4.74 Å². The minimum Gasteiger partial charge on any atom is -0.495 e. The monoisotopic (exact) mass is 415 g/mol. The Morgan fingerprint density at radius 2 is 2.14 bits per heavy atom. The molecule has 1 heterocycles. The molecule has 1 fully saturated rings. The minimum absolute atomic E-state index is 0.237. The summed E-state index contributed by atoms with van der Waals surface area (Å²) in [4.78, 5) is 14.5. The number of carbonyl (C=O) groups is 1. The quantitative estimate of drug-likeness (QED) is 0.685. The number of Topliss-reactive ketones (excluding diaryl/α,β-unsaturated/α-hetero) is 1. The number of hydrogen-bond acceptors (Lipinski definition) is 3. The summed E-state index contributed by atoms with van der Waals surface area (Å²) in [5, 5.41) is 0. The van der Waals surface area contributed by atoms with Crippen molar-refractivity contribution in [2.75, 3.05) is 26.7 Å². The van der Waals surface area contributed by atoms with E-state index < -0.39 is 0 Å². The summed E-state index contributed by atoms with van der Waals surface area (Å²) in [5.41, 5.74) is 1.78. The highest BCUT2D eigenvalue weighted by molar-refractivity contribution is 9.11. The van der Waals surface area contributed by atoms with Gasteiger partial charge in [-0.1, -0.05) is 22.9 Å². The van der Waals surface area contributed by atoms with Crippen LogP contribution in [0.5, 0.6) is 5.75 Å². The van der Waals surface area contributed by atoms with Crippen LogP contribution in [0, 0.1) is 0 Å². The zero-order chi connectivity index (χ0) is 15.4. The molecule has 114 valence electrons. The summed E-state index contributed by atoms with van der Waals surface area (Å²) in [6.07, 6.45) is 3.66. The normalized spacial score (nSPS) is 18.3. The van der Waals surface area contributed by atoms with Crippen LogP contribution in [0.15, 0.2) is 26.7 Å². The van der Waals surface area contributed by atoms with Crippen LogP contribution >= 0.6 is 31.9 Å². The number of rotatable bonds is 4. The van der Waals surface area contributed by atoms with Gasteiger partial charge in [0.05, 0.1) is 11.6 Å². The highest BCUT2D eigenvalue weighted by Crippen LogP contribution is 2.34. The lowest BCUT2D eigenvalue weighted by Crippen LogP contribution is -2.36. The number of piperidine rings is 1. The van der Waals surface area contributed by atoms with Gasteiger partial charge in [-0.3, -0.25) is 9.69 Å². The van der Waals surface area contributed by atoms with Gasteiger partial charge in [0.15, 0.2) is 5.78 Å². The van der Waals surface area contributed by atoms with Gasteiger partial charge in [-0.2, -0.15) is 0 Å². The Labute approximate surface area is 142 Å². The third-order valence-corrected chi connectivity index (χ3v) is 4.56. The van der Waals surface area contributed by atoms with Crippen molar-refractivity contribution >= 4 is 43.7 Å². The first-order chi connectivity index (χ1) is 10.0. The number of hydrogen-bond donors (Lipinski definition) is 0. The van der Waals surface area contributed by atoms with Crippen LogP contribution in [-0.2, 0) is 4.79 Å². The summed E-state index contributed by atoms with van der Waals surface area (Å²) in [6, 6.07) is 3.91. The van der Waals surface area contributed by atoms with Gasteiger partial charge in [0.1, 0.15) is 5.75 Å². The van der Waals surface area contributed by atoms with Crippen LogP contribution in [0.3, 0.4) is 0 Å². The summed E-state index contributed by atoms with van der Waals surface area (Å²) in [7, 11) is 1.64. The Morgan fingerprint density at radius 3 is 2.81 bits per heavy atom. The number of benzene rings is 1. The van der Waals surface area contributed by atoms with Crippen molar-refractivity contribution in [3.63, 3.8) is 0 Å². The Bertz CT molecular complexity index is 570. The van der Waals surface area contributed by atoms with E-state index in [4.69, 9.17) is 4.74 Å². The SMILES string of the molecule is CCCN1CCC(=O)/C(=C/c2cc(Br)cc(Br)c2OC)C1. The molecule has 0 bridgehead atoms. The van der Waals surface area contributed by atoms with E-state index in [1.165, 1.54) is 0 Å². The average molecular weight is 417 g/mol. The van der Waals surface area contributed by atoms with Crippen LogP contribution in [0.4, 0.5) is 0 Å². The highest BCUT2D eigenvalue weighted by atomic mass is 79.9. The maximum Gasteiger partial charge on any atom is 0.161 e. The van der Waals surface area contributed by atoms with Gasteiger partial charge < -0.3 is 4.74 Å². The molecule has 1 aliphatic heterocycles. The zero-order valence-corrected chi connectivity index (χ0v) is 15.5. The Kier molecular flexibility index (Phi) is 6.02. The second-order valence-corrected chi connectivity index (χ2v) is 6.90. The summed E-state index contributed by atoms with van der Waals surface area (Å²) in [5.74, 6) is 0.992. The second kappa shape index (κ2) is 7.56. The van der Waals surface area contributed by atoms with E-state index in [-0.39, 0.29) is 5.78 Å². The Morgan fingerprint density at radius 1 is 1.38 bits per heavy atom. The fourth-order valence-corrected chi connectivity index (χ4v) is 3.97. The third-order valence-electron chi connectivity index (χ3n) is 3.52. The Hall–Kier alpha value is -0.650. The van der Waals surface area contributed by atoms with Crippen LogP contribution in [0.25, 0.3) is 6.08 Å². The molecule has 1 saturated heterocycles. The molecule has 0 aromatic heterocycles. The maximum absolute atomic E-state index is 12.2. The van der Waals surface area contributed by atoms with Crippen molar-refractivity contribution in [3.8, 4) is 5.75 Å². The number of ketones is 1. The third kappa shape index (κ3) is 4.18. The number of ether oxygens (including phenoxy) is 1. The lowest BCUT2D eigenvalue weighted by atomic mass is 10.00. The number of likely N-dealkylation sites (tertiary alicyclic amines) is 1. The second-order valence-electron chi connectivity index (χ2n) is 5.13. The number of carbonyl (C=O) groups excluding carboxylic acids is 1. The number of halogens is 2. The Balaban J connectivity index is 2.35. The number of methoxy groups -OCH3 is 1. The van der Waals surface area contributed by atoms with Crippen molar-refractivity contribution in [2.45, 2.75) is 19.8 Å². The summed E-state index contributed by atoms with van der Waals surface area (Å²) >= 11 is 6.98. The van der Waals surface area contributed by atoms with Gasteiger partial charge in [0, 0.05) is 35.1 Å². The first-order valence-corrected chi connectivity index (χ1v) is 8.63. The maximum atomic E-state index is 12.2. The van der Waals surface area contributed by atoms with E-state index in [1.807, 2.05) is 18.2 Å². The summed E-state index contributed by atoms with van der Waals surface area (Å²) in [6.45, 7) is 4.78. The van der Waals surface area contributed by atoms with Crippen molar-refractivity contribution in [3.05, 3.63) is 32.2 Å². The van der Waals surface area contributed by atoms with Crippen molar-refractivity contribution in [1.82, 2.24) is 4.90 Å². The molecule has 1 aliphatic rings. The van der Waals surface area contributed by atoms with Crippen LogP contribution in [0.2, 0.25) is 0 Å². The molecule has 21 heavy (non-hydrogen) atoms. The molecule has 0 N–H and O–H groups in total. The van der Waals surface area contributed by atoms with Crippen LogP contribution in [0.1, 0.15) is 25.3 Å². The van der Waals surface area contributed by atoms with E-state index in [2.05, 4.69) is 43.7 Å². The molecule has 0 aliphatic carbocycles. The molecule has 5 heteroatoms. The largest absolute Gasteiger partial charge is 0.495 e. The van der Waals surface area contributed by atoms with E-state index in [0.29, 0.717) is 6.42 Å². The predicted octanol–water partition coefficient (Wildman–Crippen LogP) is 4.29.